The number of anilines is 3. The van der Waals surface area contributed by atoms with Gasteiger partial charge in [-0.25, -0.2) is 14.4 Å². The van der Waals surface area contributed by atoms with Crippen molar-refractivity contribution in [3.63, 3.8) is 0 Å². The summed E-state index contributed by atoms with van der Waals surface area (Å²) in [7, 11) is 0. The molecule has 0 saturated carbocycles. The fraction of sp³-hybridized carbons (Fsp3) is 0. The number of aromatic nitrogens is 2. The zero-order valence-corrected chi connectivity index (χ0v) is 14.1. The highest BCUT2D eigenvalue weighted by Crippen LogP contribution is 2.26. The van der Waals surface area contributed by atoms with Gasteiger partial charge in [0.2, 0.25) is 5.95 Å². The Labute approximate surface area is 152 Å². The Kier molecular flexibility index (Phi) is 5.11. The molecule has 1 heterocycles. The van der Waals surface area contributed by atoms with Crippen LogP contribution in [-0.4, -0.2) is 15.9 Å². The molecule has 2 aromatic carbocycles. The average molecular weight is 377 g/mol. The van der Waals surface area contributed by atoms with Crippen molar-refractivity contribution >= 4 is 46.4 Å². The molecular formula is C17H11Cl2FN4O. The van der Waals surface area contributed by atoms with Crippen molar-refractivity contribution in [1.82, 2.24) is 9.97 Å². The average Bonchev–Trinajstić information content (AvgIpc) is 2.61. The normalized spacial score (nSPS) is 10.4. The molecule has 3 rings (SSSR count). The molecule has 1 amide bonds. The minimum absolute atomic E-state index is 0.268. The van der Waals surface area contributed by atoms with Crippen LogP contribution >= 0.6 is 23.2 Å². The van der Waals surface area contributed by atoms with E-state index in [1.54, 1.807) is 18.2 Å². The largest absolute Gasteiger partial charge is 0.324 e. The third-order valence-corrected chi connectivity index (χ3v) is 3.93. The lowest BCUT2D eigenvalue weighted by molar-refractivity contribution is 0.102. The Hall–Kier alpha value is -2.70. The highest BCUT2D eigenvalue weighted by molar-refractivity contribution is 6.42. The lowest BCUT2D eigenvalue weighted by atomic mass is 10.2. The van der Waals surface area contributed by atoms with Crippen LogP contribution in [0.1, 0.15) is 10.4 Å². The summed E-state index contributed by atoms with van der Waals surface area (Å²) in [6.45, 7) is 0. The molecule has 3 aromatic rings. The van der Waals surface area contributed by atoms with Crippen molar-refractivity contribution < 1.29 is 9.18 Å². The molecule has 5 nitrogen and oxygen atoms in total. The number of hydrogen-bond donors (Lipinski definition) is 2. The maximum Gasteiger partial charge on any atom is 0.258 e. The minimum atomic E-state index is -0.396. The van der Waals surface area contributed by atoms with E-state index in [4.69, 9.17) is 23.2 Å². The van der Waals surface area contributed by atoms with Gasteiger partial charge in [-0.2, -0.15) is 0 Å². The number of nitrogens with one attached hydrogen (secondary N) is 2. The van der Waals surface area contributed by atoms with E-state index < -0.39 is 5.91 Å². The number of nitrogens with zero attached hydrogens (tertiary/aromatic N) is 2. The summed E-state index contributed by atoms with van der Waals surface area (Å²) in [5.74, 6) is -0.469. The molecule has 0 bridgehead atoms. The van der Waals surface area contributed by atoms with Crippen LogP contribution < -0.4 is 10.6 Å². The monoisotopic (exact) mass is 376 g/mol. The van der Waals surface area contributed by atoms with E-state index in [0.29, 0.717) is 27.4 Å². The quantitative estimate of drug-likeness (QED) is 0.678. The summed E-state index contributed by atoms with van der Waals surface area (Å²) >= 11 is 11.8. The van der Waals surface area contributed by atoms with Crippen LogP contribution in [0.3, 0.4) is 0 Å². The zero-order valence-electron chi connectivity index (χ0n) is 12.6. The number of hydrogen-bond acceptors (Lipinski definition) is 4. The standard InChI is InChI=1S/C17H11Cl2FN4O/c18-14-6-5-13(7-15(14)19)24-17-21-8-10(9-22-17)16(25)23-12-3-1-11(20)2-4-12/h1-9H,(H,23,25)(H,21,22,24). The first-order chi connectivity index (χ1) is 12.0. The van der Waals surface area contributed by atoms with Gasteiger partial charge in [-0.05, 0) is 42.5 Å². The van der Waals surface area contributed by atoms with Gasteiger partial charge in [0.05, 0.1) is 15.6 Å². The fourth-order valence-corrected chi connectivity index (χ4v) is 2.25. The van der Waals surface area contributed by atoms with Crippen molar-refractivity contribution in [3.8, 4) is 0 Å². The molecule has 0 aliphatic carbocycles. The Morgan fingerprint density at radius 2 is 1.56 bits per heavy atom. The zero-order chi connectivity index (χ0) is 17.8. The number of carbonyl (C=O) groups is 1. The van der Waals surface area contributed by atoms with Crippen LogP contribution in [0.15, 0.2) is 54.9 Å². The summed E-state index contributed by atoms with van der Waals surface area (Å²) in [5, 5.41) is 6.44. The van der Waals surface area contributed by atoms with Crippen molar-refractivity contribution in [2.75, 3.05) is 10.6 Å². The Balaban J connectivity index is 1.67. The van der Waals surface area contributed by atoms with E-state index >= 15 is 0 Å². The highest BCUT2D eigenvalue weighted by Gasteiger charge is 2.08. The lowest BCUT2D eigenvalue weighted by Crippen LogP contribution is -2.13. The molecule has 0 spiro atoms. The van der Waals surface area contributed by atoms with Crippen LogP contribution in [0, 0.1) is 5.82 Å². The van der Waals surface area contributed by atoms with E-state index in [0.717, 1.165) is 0 Å². The molecule has 2 N–H and O–H groups in total. The molecule has 0 saturated heterocycles. The highest BCUT2D eigenvalue weighted by atomic mass is 35.5. The number of rotatable bonds is 4. The van der Waals surface area contributed by atoms with Gasteiger partial charge in [-0.15, -0.1) is 0 Å². The number of benzene rings is 2. The van der Waals surface area contributed by atoms with E-state index in [9.17, 15) is 9.18 Å². The van der Waals surface area contributed by atoms with Gasteiger partial charge in [-0.1, -0.05) is 23.2 Å². The minimum Gasteiger partial charge on any atom is -0.324 e. The number of halogens is 3. The summed E-state index contributed by atoms with van der Waals surface area (Å²) in [6.07, 6.45) is 2.76. The summed E-state index contributed by atoms with van der Waals surface area (Å²) in [5.41, 5.74) is 1.41. The van der Waals surface area contributed by atoms with Gasteiger partial charge in [-0.3, -0.25) is 4.79 Å². The maximum absolute atomic E-state index is 12.9. The lowest BCUT2D eigenvalue weighted by Gasteiger charge is -2.07. The molecule has 25 heavy (non-hydrogen) atoms. The first-order valence-electron chi connectivity index (χ1n) is 7.12. The molecule has 0 aliphatic rings. The van der Waals surface area contributed by atoms with Crippen LogP contribution in [0.2, 0.25) is 10.0 Å². The second-order valence-corrected chi connectivity index (χ2v) is 5.82. The van der Waals surface area contributed by atoms with Crippen LogP contribution in [0.4, 0.5) is 21.7 Å². The van der Waals surface area contributed by atoms with Gasteiger partial charge in [0, 0.05) is 23.8 Å². The van der Waals surface area contributed by atoms with Gasteiger partial charge in [0.1, 0.15) is 5.82 Å². The number of amides is 1. The molecule has 1 aromatic heterocycles. The topological polar surface area (TPSA) is 66.9 Å². The Morgan fingerprint density at radius 1 is 0.920 bits per heavy atom. The van der Waals surface area contributed by atoms with Crippen molar-refractivity contribution in [3.05, 3.63) is 76.3 Å². The smallest absolute Gasteiger partial charge is 0.258 e. The molecular weight excluding hydrogens is 366 g/mol. The third-order valence-electron chi connectivity index (χ3n) is 3.19. The Bertz CT molecular complexity index is 902. The van der Waals surface area contributed by atoms with Gasteiger partial charge < -0.3 is 10.6 Å². The number of carbonyl (C=O) groups excluding carboxylic acids is 1. The van der Waals surface area contributed by atoms with Gasteiger partial charge in [0.15, 0.2) is 0 Å². The van der Waals surface area contributed by atoms with Gasteiger partial charge >= 0.3 is 0 Å². The predicted molar refractivity (Wildman–Crippen MR) is 96.1 cm³/mol. The summed E-state index contributed by atoms with van der Waals surface area (Å²) in [4.78, 5) is 20.3. The molecule has 126 valence electrons. The van der Waals surface area contributed by atoms with Crippen LogP contribution in [0.5, 0.6) is 0 Å². The second kappa shape index (κ2) is 7.46. The van der Waals surface area contributed by atoms with E-state index in [1.165, 1.54) is 36.7 Å². The van der Waals surface area contributed by atoms with E-state index in [2.05, 4.69) is 20.6 Å². The fourth-order valence-electron chi connectivity index (χ4n) is 1.95. The molecule has 0 atom stereocenters. The van der Waals surface area contributed by atoms with E-state index in [-0.39, 0.29) is 11.4 Å². The Morgan fingerprint density at radius 3 is 2.20 bits per heavy atom. The molecule has 0 unspecified atom stereocenters. The van der Waals surface area contributed by atoms with Crippen LogP contribution in [-0.2, 0) is 0 Å². The SMILES string of the molecule is O=C(Nc1ccc(F)cc1)c1cnc(Nc2ccc(Cl)c(Cl)c2)nc1. The predicted octanol–water partition coefficient (Wildman–Crippen LogP) is 4.92. The van der Waals surface area contributed by atoms with Crippen molar-refractivity contribution in [2.24, 2.45) is 0 Å². The van der Waals surface area contributed by atoms with E-state index in [1.807, 2.05) is 0 Å². The maximum atomic E-state index is 12.9. The summed E-state index contributed by atoms with van der Waals surface area (Å²) < 4.78 is 12.9. The van der Waals surface area contributed by atoms with Crippen molar-refractivity contribution in [1.29, 1.82) is 0 Å². The molecule has 8 heteroatoms. The molecule has 0 radical (unpaired) electrons. The first kappa shape index (κ1) is 17.1. The van der Waals surface area contributed by atoms with Crippen LogP contribution in [0.25, 0.3) is 0 Å². The second-order valence-electron chi connectivity index (χ2n) is 5.01. The van der Waals surface area contributed by atoms with Crippen molar-refractivity contribution in [2.45, 2.75) is 0 Å². The summed E-state index contributed by atoms with van der Waals surface area (Å²) in [6, 6.07) is 10.5. The molecule has 0 fully saturated rings. The third kappa shape index (κ3) is 4.43. The first-order valence-corrected chi connectivity index (χ1v) is 7.88. The van der Waals surface area contributed by atoms with Gasteiger partial charge in [0.25, 0.3) is 5.91 Å². The molecule has 0 aliphatic heterocycles.